The van der Waals surface area contributed by atoms with Crippen LogP contribution < -0.4 is 5.32 Å². The van der Waals surface area contributed by atoms with Gasteiger partial charge in [-0.15, -0.1) is 0 Å². The van der Waals surface area contributed by atoms with Crippen molar-refractivity contribution in [2.45, 2.75) is 51.1 Å². The average molecular weight is 411 g/mol. The third-order valence-electron chi connectivity index (χ3n) is 6.68. The summed E-state index contributed by atoms with van der Waals surface area (Å²) in [4.78, 5) is 17.7. The highest BCUT2D eigenvalue weighted by atomic mass is 16.5. The lowest BCUT2D eigenvalue weighted by Crippen LogP contribution is -2.49. The molecule has 2 aliphatic rings. The molecule has 6 nitrogen and oxygen atoms in total. The molecule has 2 fully saturated rings. The van der Waals surface area contributed by atoms with Crippen LogP contribution in [-0.4, -0.2) is 59.6 Å². The fourth-order valence-corrected chi connectivity index (χ4v) is 4.84. The first kappa shape index (κ1) is 21.1. The van der Waals surface area contributed by atoms with E-state index in [1.54, 1.807) is 12.3 Å². The van der Waals surface area contributed by atoms with Crippen molar-refractivity contribution in [3.8, 4) is 0 Å². The molecule has 0 unspecified atom stereocenters. The molecule has 0 aliphatic carbocycles. The number of aromatic nitrogens is 1. The van der Waals surface area contributed by atoms with Crippen molar-refractivity contribution >= 4 is 5.91 Å². The Labute approximate surface area is 179 Å². The Morgan fingerprint density at radius 3 is 2.50 bits per heavy atom. The van der Waals surface area contributed by atoms with Gasteiger partial charge < -0.3 is 19.6 Å². The number of carbonyl (C=O) groups is 1. The molecule has 3 heterocycles. The second-order valence-corrected chi connectivity index (χ2v) is 8.67. The molecule has 1 N–H and O–H groups in total. The van der Waals surface area contributed by atoms with Crippen molar-refractivity contribution in [2.75, 3.05) is 32.7 Å². The number of hydrogen-bond donors (Lipinski definition) is 1. The van der Waals surface area contributed by atoms with E-state index >= 15 is 0 Å². The number of amides is 1. The summed E-state index contributed by atoms with van der Waals surface area (Å²) < 4.78 is 5.05. The van der Waals surface area contributed by atoms with Gasteiger partial charge in [0.05, 0.1) is 12.7 Å². The van der Waals surface area contributed by atoms with Crippen molar-refractivity contribution in [3.63, 3.8) is 0 Å². The maximum absolute atomic E-state index is 12.4. The van der Waals surface area contributed by atoms with Gasteiger partial charge in [-0.2, -0.15) is 0 Å². The molecule has 1 aromatic carbocycles. The van der Waals surface area contributed by atoms with Gasteiger partial charge in [0.15, 0.2) is 5.76 Å². The summed E-state index contributed by atoms with van der Waals surface area (Å²) in [5, 5.41) is 6.66. The lowest BCUT2D eigenvalue weighted by Gasteiger charge is -2.41. The van der Waals surface area contributed by atoms with Gasteiger partial charge in [0.25, 0.3) is 0 Å². The molecule has 4 rings (SSSR count). The number of rotatable bonds is 8. The summed E-state index contributed by atoms with van der Waals surface area (Å²) in [6.45, 7) is 6.13. The van der Waals surface area contributed by atoms with E-state index in [0.29, 0.717) is 18.3 Å². The Balaban J connectivity index is 1.11. The van der Waals surface area contributed by atoms with E-state index in [1.807, 2.05) is 0 Å². The van der Waals surface area contributed by atoms with E-state index in [0.717, 1.165) is 25.9 Å². The quantitative estimate of drug-likeness (QED) is 0.725. The first-order chi connectivity index (χ1) is 14.8. The number of piperidine rings is 2. The Kier molecular flexibility index (Phi) is 7.54. The standard InChI is InChI=1S/C24H34N4O2/c29-24(25-19-23-8-13-26-30-23)21-9-17-28(18-10-21)22-11-15-27(16-12-22)14-4-7-20-5-2-1-3-6-20/h1-3,5-6,8,13,21-22H,4,7,9-12,14-19H2,(H,25,29). The van der Waals surface area contributed by atoms with Gasteiger partial charge >= 0.3 is 0 Å². The van der Waals surface area contributed by atoms with Crippen LogP contribution in [0.2, 0.25) is 0 Å². The van der Waals surface area contributed by atoms with Crippen LogP contribution in [0.15, 0.2) is 47.1 Å². The largest absolute Gasteiger partial charge is 0.360 e. The van der Waals surface area contributed by atoms with Crippen molar-refractivity contribution < 1.29 is 9.32 Å². The Morgan fingerprint density at radius 2 is 1.80 bits per heavy atom. The minimum absolute atomic E-state index is 0.127. The fraction of sp³-hybridized carbons (Fsp3) is 0.583. The fourth-order valence-electron chi connectivity index (χ4n) is 4.84. The number of aryl methyl sites for hydroxylation is 1. The van der Waals surface area contributed by atoms with Gasteiger partial charge in [-0.05, 0) is 76.8 Å². The third-order valence-corrected chi connectivity index (χ3v) is 6.68. The van der Waals surface area contributed by atoms with Gasteiger partial charge in [-0.25, -0.2) is 0 Å². The van der Waals surface area contributed by atoms with Crippen LogP contribution in [-0.2, 0) is 17.8 Å². The smallest absolute Gasteiger partial charge is 0.223 e. The minimum Gasteiger partial charge on any atom is -0.360 e. The van der Waals surface area contributed by atoms with E-state index in [4.69, 9.17) is 4.52 Å². The van der Waals surface area contributed by atoms with Gasteiger partial charge in [0.1, 0.15) is 0 Å². The summed E-state index contributed by atoms with van der Waals surface area (Å²) in [5.74, 6) is 0.984. The van der Waals surface area contributed by atoms with E-state index in [1.165, 1.54) is 50.9 Å². The molecule has 2 aliphatic heterocycles. The predicted molar refractivity (Wildman–Crippen MR) is 117 cm³/mol. The van der Waals surface area contributed by atoms with Crippen LogP contribution in [0.4, 0.5) is 0 Å². The zero-order valence-corrected chi connectivity index (χ0v) is 17.8. The van der Waals surface area contributed by atoms with Crippen molar-refractivity contribution in [3.05, 3.63) is 53.9 Å². The number of nitrogens with zero attached hydrogens (tertiary/aromatic N) is 3. The lowest BCUT2D eigenvalue weighted by molar-refractivity contribution is -0.127. The first-order valence-electron chi connectivity index (χ1n) is 11.5. The highest BCUT2D eigenvalue weighted by Gasteiger charge is 2.30. The highest BCUT2D eigenvalue weighted by molar-refractivity contribution is 5.78. The molecular formula is C24H34N4O2. The molecule has 2 aromatic rings. The summed E-state index contributed by atoms with van der Waals surface area (Å²) >= 11 is 0. The average Bonchev–Trinajstić information content (AvgIpc) is 3.33. The maximum Gasteiger partial charge on any atom is 0.223 e. The lowest BCUT2D eigenvalue weighted by atomic mass is 9.92. The van der Waals surface area contributed by atoms with E-state index in [2.05, 4.69) is 50.6 Å². The van der Waals surface area contributed by atoms with Crippen molar-refractivity contribution in [1.29, 1.82) is 0 Å². The molecule has 2 saturated heterocycles. The monoisotopic (exact) mass is 410 g/mol. The zero-order chi connectivity index (χ0) is 20.6. The SMILES string of the molecule is O=C(NCc1ccno1)C1CCN(C2CCN(CCCc3ccccc3)CC2)CC1. The van der Waals surface area contributed by atoms with Gasteiger partial charge in [-0.3, -0.25) is 4.79 Å². The second kappa shape index (κ2) is 10.7. The third kappa shape index (κ3) is 5.92. The summed E-state index contributed by atoms with van der Waals surface area (Å²) in [7, 11) is 0. The predicted octanol–water partition coefficient (Wildman–Crippen LogP) is 3.10. The number of hydrogen-bond acceptors (Lipinski definition) is 5. The maximum atomic E-state index is 12.4. The second-order valence-electron chi connectivity index (χ2n) is 8.67. The molecular weight excluding hydrogens is 376 g/mol. The van der Waals surface area contributed by atoms with E-state index < -0.39 is 0 Å². The van der Waals surface area contributed by atoms with Crippen LogP contribution >= 0.6 is 0 Å². The zero-order valence-electron chi connectivity index (χ0n) is 17.8. The minimum atomic E-state index is 0.127. The molecule has 6 heteroatoms. The molecule has 1 aromatic heterocycles. The van der Waals surface area contributed by atoms with Crippen LogP contribution in [0, 0.1) is 5.92 Å². The van der Waals surface area contributed by atoms with Crippen LogP contribution in [0.25, 0.3) is 0 Å². The topological polar surface area (TPSA) is 61.6 Å². The Morgan fingerprint density at radius 1 is 1.03 bits per heavy atom. The molecule has 162 valence electrons. The van der Waals surface area contributed by atoms with E-state index in [-0.39, 0.29) is 11.8 Å². The molecule has 0 saturated carbocycles. The van der Waals surface area contributed by atoms with Crippen LogP contribution in [0.5, 0.6) is 0 Å². The Bertz CT molecular complexity index is 749. The van der Waals surface area contributed by atoms with Crippen LogP contribution in [0.3, 0.4) is 0 Å². The van der Waals surface area contributed by atoms with Crippen LogP contribution in [0.1, 0.15) is 43.4 Å². The molecule has 30 heavy (non-hydrogen) atoms. The number of likely N-dealkylation sites (tertiary alicyclic amines) is 2. The Hall–Kier alpha value is -2.18. The molecule has 0 bridgehead atoms. The van der Waals surface area contributed by atoms with Gasteiger partial charge in [0.2, 0.25) is 5.91 Å². The molecule has 0 radical (unpaired) electrons. The first-order valence-corrected chi connectivity index (χ1v) is 11.5. The highest BCUT2D eigenvalue weighted by Crippen LogP contribution is 2.24. The number of carbonyl (C=O) groups excluding carboxylic acids is 1. The van der Waals surface area contributed by atoms with Gasteiger partial charge in [0, 0.05) is 18.0 Å². The van der Waals surface area contributed by atoms with E-state index in [9.17, 15) is 4.79 Å². The summed E-state index contributed by atoms with van der Waals surface area (Å²) in [5.41, 5.74) is 1.44. The van der Waals surface area contributed by atoms with Crippen molar-refractivity contribution in [2.24, 2.45) is 5.92 Å². The summed E-state index contributed by atoms with van der Waals surface area (Å²) in [6, 6.07) is 13.3. The molecule has 0 spiro atoms. The molecule has 0 atom stereocenters. The normalized spacial score (nSPS) is 19.7. The number of benzene rings is 1. The summed E-state index contributed by atoms with van der Waals surface area (Å²) in [6.07, 6.45) is 8.45. The van der Waals surface area contributed by atoms with Crippen molar-refractivity contribution in [1.82, 2.24) is 20.3 Å². The van der Waals surface area contributed by atoms with Gasteiger partial charge in [-0.1, -0.05) is 35.5 Å². The number of nitrogens with one attached hydrogen (secondary N) is 1. The molecule has 1 amide bonds.